The highest BCUT2D eigenvalue weighted by Crippen LogP contribution is 2.27. The minimum atomic E-state index is -0.572. The summed E-state index contributed by atoms with van der Waals surface area (Å²) in [7, 11) is 3.02. The maximum absolute atomic E-state index is 12.0. The van der Waals surface area contributed by atoms with Crippen LogP contribution in [-0.2, 0) is 25.5 Å². The molecule has 0 atom stereocenters. The van der Waals surface area contributed by atoms with E-state index in [4.69, 9.17) is 14.2 Å². The summed E-state index contributed by atoms with van der Waals surface area (Å²) in [5, 5.41) is 5.17. The van der Waals surface area contributed by atoms with E-state index < -0.39 is 18.5 Å². The number of benzene rings is 2. The summed E-state index contributed by atoms with van der Waals surface area (Å²) in [6.45, 7) is 3.16. The van der Waals surface area contributed by atoms with Gasteiger partial charge in [0.2, 0.25) is 5.91 Å². The number of methoxy groups -OCH3 is 2. The summed E-state index contributed by atoms with van der Waals surface area (Å²) < 4.78 is 15.3. The quantitative estimate of drug-likeness (QED) is 0.610. The van der Waals surface area contributed by atoms with Gasteiger partial charge in [0.1, 0.15) is 0 Å². The third kappa shape index (κ3) is 6.51. The van der Waals surface area contributed by atoms with Crippen LogP contribution in [0.25, 0.3) is 0 Å². The molecule has 0 aromatic heterocycles. The molecular formula is C22H26N2O6. The Kier molecular flexibility index (Phi) is 8.22. The number of ether oxygens (including phenoxy) is 3. The average molecular weight is 414 g/mol. The molecular weight excluding hydrogens is 388 g/mol. The monoisotopic (exact) mass is 414 g/mol. The minimum absolute atomic E-state index is 0.0270. The molecule has 2 N–H and O–H groups in total. The zero-order valence-electron chi connectivity index (χ0n) is 17.5. The average Bonchev–Trinajstić information content (AvgIpc) is 2.74. The van der Waals surface area contributed by atoms with E-state index in [1.54, 1.807) is 24.3 Å². The topological polar surface area (TPSA) is 103 Å². The number of rotatable bonds is 9. The fourth-order valence-corrected chi connectivity index (χ4v) is 2.67. The minimum Gasteiger partial charge on any atom is -0.493 e. The highest BCUT2D eigenvalue weighted by Gasteiger charge is 2.12. The standard InChI is InChI=1S/C22H26N2O6/c1-14-6-5-7-17(15(14)2)24-20(25)12-23-21(26)13-30-22(27)11-16-8-9-18(28-3)19(10-16)29-4/h5-10H,11-13H2,1-4H3,(H,23,26)(H,24,25). The summed E-state index contributed by atoms with van der Waals surface area (Å²) in [6.07, 6.45) is -0.0270. The smallest absolute Gasteiger partial charge is 0.310 e. The summed E-state index contributed by atoms with van der Waals surface area (Å²) in [4.78, 5) is 35.8. The van der Waals surface area contributed by atoms with Gasteiger partial charge in [-0.25, -0.2) is 0 Å². The molecule has 160 valence electrons. The lowest BCUT2D eigenvalue weighted by molar-refractivity contribution is -0.147. The largest absolute Gasteiger partial charge is 0.493 e. The first-order valence-electron chi connectivity index (χ1n) is 9.33. The van der Waals surface area contributed by atoms with Crippen LogP contribution in [0.2, 0.25) is 0 Å². The van der Waals surface area contributed by atoms with E-state index in [2.05, 4.69) is 10.6 Å². The van der Waals surface area contributed by atoms with Gasteiger partial charge in [-0.15, -0.1) is 0 Å². The Bertz CT molecular complexity index is 926. The Labute approximate surface area is 175 Å². The van der Waals surface area contributed by atoms with E-state index >= 15 is 0 Å². The van der Waals surface area contributed by atoms with Crippen molar-refractivity contribution in [3.63, 3.8) is 0 Å². The van der Waals surface area contributed by atoms with Crippen LogP contribution in [0.1, 0.15) is 16.7 Å². The molecule has 0 heterocycles. The number of esters is 1. The van der Waals surface area contributed by atoms with E-state index in [0.29, 0.717) is 22.7 Å². The van der Waals surface area contributed by atoms with Crippen molar-refractivity contribution in [2.75, 3.05) is 32.7 Å². The van der Waals surface area contributed by atoms with Gasteiger partial charge in [-0.2, -0.15) is 0 Å². The van der Waals surface area contributed by atoms with Crippen molar-refractivity contribution >= 4 is 23.5 Å². The molecule has 0 radical (unpaired) electrons. The molecule has 0 spiro atoms. The molecule has 2 aromatic carbocycles. The molecule has 2 aromatic rings. The van der Waals surface area contributed by atoms with Crippen LogP contribution in [-0.4, -0.2) is 45.2 Å². The van der Waals surface area contributed by atoms with Gasteiger partial charge in [0.05, 0.1) is 27.2 Å². The van der Waals surface area contributed by atoms with Gasteiger partial charge < -0.3 is 24.8 Å². The second kappa shape index (κ2) is 10.8. The fraction of sp³-hybridized carbons (Fsp3) is 0.318. The van der Waals surface area contributed by atoms with E-state index in [-0.39, 0.29) is 18.9 Å². The molecule has 8 heteroatoms. The van der Waals surface area contributed by atoms with E-state index in [0.717, 1.165) is 11.1 Å². The van der Waals surface area contributed by atoms with Gasteiger partial charge in [0.15, 0.2) is 18.1 Å². The second-order valence-corrected chi connectivity index (χ2v) is 6.60. The Morgan fingerprint density at radius 2 is 1.67 bits per heavy atom. The summed E-state index contributed by atoms with van der Waals surface area (Å²) in [5.41, 5.74) is 3.36. The molecule has 0 saturated heterocycles. The van der Waals surface area contributed by atoms with E-state index in [9.17, 15) is 14.4 Å². The molecule has 0 fully saturated rings. The molecule has 0 bridgehead atoms. The first-order valence-corrected chi connectivity index (χ1v) is 9.33. The number of hydrogen-bond donors (Lipinski definition) is 2. The molecule has 0 aliphatic heterocycles. The third-order valence-electron chi connectivity index (χ3n) is 4.49. The van der Waals surface area contributed by atoms with Gasteiger partial charge in [0.25, 0.3) is 5.91 Å². The Morgan fingerprint density at radius 1 is 0.933 bits per heavy atom. The zero-order chi connectivity index (χ0) is 22.1. The van der Waals surface area contributed by atoms with E-state index in [1.165, 1.54) is 14.2 Å². The van der Waals surface area contributed by atoms with Crippen LogP contribution in [0, 0.1) is 13.8 Å². The van der Waals surface area contributed by atoms with Crippen molar-refractivity contribution in [3.05, 3.63) is 53.1 Å². The van der Waals surface area contributed by atoms with Crippen molar-refractivity contribution < 1.29 is 28.6 Å². The number of carbonyl (C=O) groups is 3. The van der Waals surface area contributed by atoms with Gasteiger partial charge in [-0.05, 0) is 48.7 Å². The molecule has 30 heavy (non-hydrogen) atoms. The number of hydrogen-bond acceptors (Lipinski definition) is 6. The molecule has 2 amide bonds. The molecule has 0 unspecified atom stereocenters. The number of carbonyl (C=O) groups excluding carboxylic acids is 3. The lowest BCUT2D eigenvalue weighted by atomic mass is 10.1. The van der Waals surface area contributed by atoms with Crippen molar-refractivity contribution in [2.45, 2.75) is 20.3 Å². The highest BCUT2D eigenvalue weighted by atomic mass is 16.5. The number of amides is 2. The van der Waals surface area contributed by atoms with Gasteiger partial charge >= 0.3 is 5.97 Å². The lowest BCUT2D eigenvalue weighted by Crippen LogP contribution is -2.35. The number of nitrogens with one attached hydrogen (secondary N) is 2. The molecule has 0 aliphatic carbocycles. The van der Waals surface area contributed by atoms with Crippen LogP contribution in [0.3, 0.4) is 0 Å². The van der Waals surface area contributed by atoms with E-state index in [1.807, 2.05) is 26.0 Å². The first kappa shape index (κ1) is 22.7. The van der Waals surface area contributed by atoms with Crippen LogP contribution >= 0.6 is 0 Å². The maximum Gasteiger partial charge on any atom is 0.310 e. The highest BCUT2D eigenvalue weighted by molar-refractivity contribution is 5.95. The van der Waals surface area contributed by atoms with Crippen molar-refractivity contribution in [3.8, 4) is 11.5 Å². The maximum atomic E-state index is 12.0. The summed E-state index contributed by atoms with van der Waals surface area (Å²) >= 11 is 0. The lowest BCUT2D eigenvalue weighted by Gasteiger charge is -2.11. The van der Waals surface area contributed by atoms with Crippen LogP contribution < -0.4 is 20.1 Å². The Hall–Kier alpha value is -3.55. The predicted octanol–water partition coefficient (Wildman–Crippen LogP) is 2.16. The van der Waals surface area contributed by atoms with Gasteiger partial charge in [0, 0.05) is 5.69 Å². The SMILES string of the molecule is COc1ccc(CC(=O)OCC(=O)NCC(=O)Nc2cccc(C)c2C)cc1OC. The number of aryl methyl sites for hydroxylation is 1. The van der Waals surface area contributed by atoms with Crippen LogP contribution in [0.4, 0.5) is 5.69 Å². The Morgan fingerprint density at radius 3 is 2.37 bits per heavy atom. The zero-order valence-corrected chi connectivity index (χ0v) is 17.5. The van der Waals surface area contributed by atoms with Crippen LogP contribution in [0.5, 0.6) is 11.5 Å². The van der Waals surface area contributed by atoms with Crippen molar-refractivity contribution in [1.82, 2.24) is 5.32 Å². The molecule has 0 saturated carbocycles. The predicted molar refractivity (Wildman–Crippen MR) is 112 cm³/mol. The molecule has 0 aliphatic rings. The molecule has 2 rings (SSSR count). The summed E-state index contributed by atoms with van der Waals surface area (Å²) in [6, 6.07) is 10.6. The fourth-order valence-electron chi connectivity index (χ4n) is 2.67. The van der Waals surface area contributed by atoms with Crippen molar-refractivity contribution in [1.29, 1.82) is 0 Å². The third-order valence-corrected chi connectivity index (χ3v) is 4.49. The first-order chi connectivity index (χ1) is 14.3. The van der Waals surface area contributed by atoms with Gasteiger partial charge in [-0.1, -0.05) is 18.2 Å². The molecule has 8 nitrogen and oxygen atoms in total. The van der Waals surface area contributed by atoms with Crippen LogP contribution in [0.15, 0.2) is 36.4 Å². The number of anilines is 1. The van der Waals surface area contributed by atoms with Gasteiger partial charge in [-0.3, -0.25) is 14.4 Å². The Balaban J connectivity index is 1.75. The normalized spacial score (nSPS) is 10.1. The summed E-state index contributed by atoms with van der Waals surface area (Å²) in [5.74, 6) is -0.457. The second-order valence-electron chi connectivity index (χ2n) is 6.60. The van der Waals surface area contributed by atoms with Crippen molar-refractivity contribution in [2.24, 2.45) is 0 Å².